The number of halogens is 2. The van der Waals surface area contributed by atoms with E-state index >= 15 is 0 Å². The summed E-state index contributed by atoms with van der Waals surface area (Å²) < 4.78 is 32.9. The number of benzene rings is 2. The molecule has 0 aliphatic carbocycles. The molecule has 2 rings (SSSR count). The Bertz CT molecular complexity index is 644. The maximum Gasteiger partial charge on any atom is 0.147 e. The topological polar surface area (TPSA) is 47.3 Å². The third kappa shape index (κ3) is 3.84. The summed E-state index contributed by atoms with van der Waals surface area (Å²) in [5, 5.41) is 2.82. The largest absolute Gasteiger partial charge is 0.493 e. The fraction of sp³-hybridized carbons (Fsp3) is 0.250. The Kier molecular flexibility index (Phi) is 4.62. The van der Waals surface area contributed by atoms with Gasteiger partial charge in [-0.3, -0.25) is 0 Å². The number of anilines is 3. The Morgan fingerprint density at radius 2 is 1.86 bits per heavy atom. The van der Waals surface area contributed by atoms with Crippen molar-refractivity contribution in [3.05, 3.63) is 47.5 Å². The number of nitrogen functional groups attached to an aromatic ring is 1. The van der Waals surface area contributed by atoms with E-state index in [4.69, 9.17) is 10.5 Å². The van der Waals surface area contributed by atoms with Crippen molar-refractivity contribution in [2.75, 3.05) is 17.7 Å². The molecular formula is C16H18F2N2O. The lowest BCUT2D eigenvalue weighted by Crippen LogP contribution is -2.00. The predicted octanol–water partition coefficient (Wildman–Crippen LogP) is 4.39. The zero-order valence-corrected chi connectivity index (χ0v) is 12.0. The summed E-state index contributed by atoms with van der Waals surface area (Å²) in [4.78, 5) is 0. The van der Waals surface area contributed by atoms with Crippen LogP contribution in [-0.4, -0.2) is 6.61 Å². The summed E-state index contributed by atoms with van der Waals surface area (Å²) in [6.07, 6.45) is 0.870. The van der Waals surface area contributed by atoms with Crippen LogP contribution in [-0.2, 0) is 0 Å². The minimum atomic E-state index is -0.521. The van der Waals surface area contributed by atoms with Gasteiger partial charge in [-0.05, 0) is 31.0 Å². The van der Waals surface area contributed by atoms with Gasteiger partial charge in [-0.25, -0.2) is 8.78 Å². The van der Waals surface area contributed by atoms with Crippen molar-refractivity contribution in [3.8, 4) is 5.75 Å². The van der Waals surface area contributed by atoms with E-state index in [9.17, 15) is 8.78 Å². The summed E-state index contributed by atoms with van der Waals surface area (Å²) >= 11 is 0. The molecule has 0 spiro atoms. The quantitative estimate of drug-likeness (QED) is 0.804. The molecule has 0 aliphatic rings. The molecule has 0 unspecified atom stereocenters. The van der Waals surface area contributed by atoms with Gasteiger partial charge in [0.2, 0.25) is 0 Å². The fourth-order valence-corrected chi connectivity index (χ4v) is 1.90. The molecule has 21 heavy (non-hydrogen) atoms. The summed E-state index contributed by atoms with van der Waals surface area (Å²) in [5.41, 5.74) is 7.14. The van der Waals surface area contributed by atoms with Crippen molar-refractivity contribution in [1.82, 2.24) is 0 Å². The van der Waals surface area contributed by atoms with Crippen molar-refractivity contribution >= 4 is 17.1 Å². The minimum Gasteiger partial charge on any atom is -0.493 e. The van der Waals surface area contributed by atoms with Crippen LogP contribution in [0, 0.1) is 18.6 Å². The lowest BCUT2D eigenvalue weighted by atomic mass is 10.2. The highest BCUT2D eigenvalue weighted by Gasteiger charge is 2.08. The standard InChI is InChI=1S/C16H18F2N2O/c1-3-4-21-13-7-11(19)6-12(8-13)20-16-9-14(17)10(2)5-15(16)18/h5-9,20H,3-4,19H2,1-2H3. The van der Waals surface area contributed by atoms with Crippen LogP contribution in [0.1, 0.15) is 18.9 Å². The molecule has 0 aromatic heterocycles. The Labute approximate surface area is 122 Å². The number of nitrogens with two attached hydrogens (primary N) is 1. The van der Waals surface area contributed by atoms with Gasteiger partial charge in [0.05, 0.1) is 12.3 Å². The number of hydrogen-bond acceptors (Lipinski definition) is 3. The van der Waals surface area contributed by atoms with Crippen molar-refractivity contribution in [3.63, 3.8) is 0 Å². The molecule has 0 radical (unpaired) electrons. The molecule has 2 aromatic carbocycles. The van der Waals surface area contributed by atoms with Gasteiger partial charge in [-0.1, -0.05) is 6.92 Å². The summed E-state index contributed by atoms with van der Waals surface area (Å²) in [6.45, 7) is 4.08. The second-order valence-corrected chi connectivity index (χ2v) is 4.85. The average Bonchev–Trinajstić information content (AvgIpc) is 2.42. The molecule has 0 atom stereocenters. The second kappa shape index (κ2) is 6.43. The first kappa shape index (κ1) is 15.1. The SMILES string of the molecule is CCCOc1cc(N)cc(Nc2cc(F)c(C)cc2F)c1. The highest BCUT2D eigenvalue weighted by molar-refractivity contribution is 5.66. The zero-order chi connectivity index (χ0) is 15.4. The molecule has 0 fully saturated rings. The van der Waals surface area contributed by atoms with E-state index in [2.05, 4.69) is 5.32 Å². The van der Waals surface area contributed by atoms with Gasteiger partial charge < -0.3 is 15.8 Å². The molecule has 0 saturated heterocycles. The number of hydrogen-bond donors (Lipinski definition) is 2. The predicted molar refractivity (Wildman–Crippen MR) is 81.0 cm³/mol. The van der Waals surface area contributed by atoms with E-state index in [0.717, 1.165) is 18.6 Å². The van der Waals surface area contributed by atoms with Crippen LogP contribution in [0.25, 0.3) is 0 Å². The molecule has 2 aromatic rings. The fourth-order valence-electron chi connectivity index (χ4n) is 1.90. The Hall–Kier alpha value is -2.30. The highest BCUT2D eigenvalue weighted by atomic mass is 19.1. The Morgan fingerprint density at radius 3 is 2.57 bits per heavy atom. The van der Waals surface area contributed by atoms with Gasteiger partial charge in [0.15, 0.2) is 0 Å². The van der Waals surface area contributed by atoms with Gasteiger partial charge in [0.1, 0.15) is 17.4 Å². The number of rotatable bonds is 5. The van der Waals surface area contributed by atoms with E-state index < -0.39 is 11.6 Å². The summed E-state index contributed by atoms with van der Waals surface area (Å²) in [7, 11) is 0. The Balaban J connectivity index is 2.27. The monoisotopic (exact) mass is 292 g/mol. The van der Waals surface area contributed by atoms with Crippen LogP contribution in [0.5, 0.6) is 5.75 Å². The second-order valence-electron chi connectivity index (χ2n) is 4.85. The molecule has 112 valence electrons. The lowest BCUT2D eigenvalue weighted by Gasteiger charge is -2.12. The number of ether oxygens (including phenoxy) is 1. The van der Waals surface area contributed by atoms with Gasteiger partial charge in [-0.2, -0.15) is 0 Å². The summed E-state index contributed by atoms with van der Waals surface area (Å²) in [5.74, 6) is -0.398. The van der Waals surface area contributed by atoms with Crippen LogP contribution < -0.4 is 15.8 Å². The van der Waals surface area contributed by atoms with Crippen LogP contribution in [0.15, 0.2) is 30.3 Å². The van der Waals surface area contributed by atoms with E-state index in [-0.39, 0.29) is 11.3 Å². The van der Waals surface area contributed by atoms with Crippen LogP contribution in [0.3, 0.4) is 0 Å². The molecule has 3 nitrogen and oxygen atoms in total. The van der Waals surface area contributed by atoms with Crippen molar-refractivity contribution in [1.29, 1.82) is 0 Å². The molecule has 0 saturated carbocycles. The molecule has 0 aliphatic heterocycles. The van der Waals surface area contributed by atoms with E-state index in [1.54, 1.807) is 18.2 Å². The van der Waals surface area contributed by atoms with Crippen molar-refractivity contribution in [2.45, 2.75) is 20.3 Å². The first-order valence-electron chi connectivity index (χ1n) is 6.75. The van der Waals surface area contributed by atoms with Crippen molar-refractivity contribution in [2.24, 2.45) is 0 Å². The van der Waals surface area contributed by atoms with Gasteiger partial charge in [-0.15, -0.1) is 0 Å². The number of nitrogens with one attached hydrogen (secondary N) is 1. The third-order valence-corrected chi connectivity index (χ3v) is 2.93. The lowest BCUT2D eigenvalue weighted by molar-refractivity contribution is 0.318. The van der Waals surface area contributed by atoms with Crippen LogP contribution in [0.4, 0.5) is 25.8 Å². The van der Waals surface area contributed by atoms with Gasteiger partial charge >= 0.3 is 0 Å². The third-order valence-electron chi connectivity index (χ3n) is 2.93. The van der Waals surface area contributed by atoms with Gasteiger partial charge in [0, 0.05) is 29.6 Å². The van der Waals surface area contributed by atoms with E-state index in [1.807, 2.05) is 6.92 Å². The minimum absolute atomic E-state index is 0.0603. The van der Waals surface area contributed by atoms with E-state index in [1.165, 1.54) is 6.92 Å². The Morgan fingerprint density at radius 1 is 1.10 bits per heavy atom. The molecule has 5 heteroatoms. The smallest absolute Gasteiger partial charge is 0.147 e. The maximum absolute atomic E-state index is 13.8. The van der Waals surface area contributed by atoms with Crippen LogP contribution >= 0.6 is 0 Å². The normalized spacial score (nSPS) is 10.5. The van der Waals surface area contributed by atoms with Gasteiger partial charge in [0.25, 0.3) is 0 Å². The van der Waals surface area contributed by atoms with Crippen LogP contribution in [0.2, 0.25) is 0 Å². The zero-order valence-electron chi connectivity index (χ0n) is 12.0. The molecule has 0 bridgehead atoms. The molecular weight excluding hydrogens is 274 g/mol. The maximum atomic E-state index is 13.8. The molecule has 3 N–H and O–H groups in total. The highest BCUT2D eigenvalue weighted by Crippen LogP contribution is 2.28. The first-order chi connectivity index (χ1) is 9.99. The number of aryl methyl sites for hydroxylation is 1. The molecule has 0 amide bonds. The van der Waals surface area contributed by atoms with Crippen molar-refractivity contribution < 1.29 is 13.5 Å². The van der Waals surface area contributed by atoms with E-state index in [0.29, 0.717) is 23.7 Å². The average molecular weight is 292 g/mol. The first-order valence-corrected chi connectivity index (χ1v) is 6.75. The summed E-state index contributed by atoms with van der Waals surface area (Å²) in [6, 6.07) is 7.30. The molecule has 0 heterocycles.